The fourth-order valence-corrected chi connectivity index (χ4v) is 2.58. The van der Waals surface area contributed by atoms with Gasteiger partial charge in [-0.2, -0.15) is 0 Å². The van der Waals surface area contributed by atoms with Gasteiger partial charge >= 0.3 is 5.76 Å². The third-order valence-corrected chi connectivity index (χ3v) is 4.06. The first-order chi connectivity index (χ1) is 10.9. The van der Waals surface area contributed by atoms with Crippen LogP contribution in [-0.2, 0) is 0 Å². The predicted molar refractivity (Wildman–Crippen MR) is 77.2 cm³/mol. The standard InChI is InChI=1S/C15H15F2N3O3/c1-9-8-20(7-6-15(9,16)17)13(21)11-4-2-10(3-5-11)12-18-14(22)23-19-12/h2-5,9H,6-8H2,1H3,(H,18,19,22). The Labute approximate surface area is 130 Å². The molecule has 1 aliphatic heterocycles. The minimum absolute atomic E-state index is 0.0319. The second kappa shape index (κ2) is 5.60. The highest BCUT2D eigenvalue weighted by atomic mass is 19.3. The van der Waals surface area contributed by atoms with E-state index in [4.69, 9.17) is 0 Å². The maximum Gasteiger partial charge on any atom is 0.439 e. The van der Waals surface area contributed by atoms with Crippen molar-refractivity contribution in [2.45, 2.75) is 19.3 Å². The molecule has 1 N–H and O–H groups in total. The van der Waals surface area contributed by atoms with Crippen molar-refractivity contribution in [1.29, 1.82) is 0 Å². The number of likely N-dealkylation sites (tertiary alicyclic amines) is 1. The lowest BCUT2D eigenvalue weighted by atomic mass is 9.95. The number of carbonyl (C=O) groups is 1. The van der Waals surface area contributed by atoms with Crippen LogP contribution in [0.2, 0.25) is 0 Å². The largest absolute Gasteiger partial charge is 0.439 e. The van der Waals surface area contributed by atoms with E-state index in [9.17, 15) is 18.4 Å². The summed E-state index contributed by atoms with van der Waals surface area (Å²) in [5.41, 5.74) is 0.989. The van der Waals surface area contributed by atoms with Gasteiger partial charge in [-0.25, -0.2) is 13.6 Å². The number of piperidine rings is 1. The van der Waals surface area contributed by atoms with Crippen molar-refractivity contribution in [3.05, 3.63) is 40.4 Å². The molecule has 0 saturated carbocycles. The lowest BCUT2D eigenvalue weighted by Crippen LogP contribution is -2.48. The van der Waals surface area contributed by atoms with E-state index in [0.29, 0.717) is 11.1 Å². The highest BCUT2D eigenvalue weighted by Gasteiger charge is 2.42. The van der Waals surface area contributed by atoms with Crippen molar-refractivity contribution >= 4 is 5.91 Å². The molecule has 1 fully saturated rings. The molecule has 0 aliphatic carbocycles. The van der Waals surface area contributed by atoms with E-state index < -0.39 is 17.6 Å². The normalized spacial score (nSPS) is 20.5. The Morgan fingerprint density at radius 3 is 2.65 bits per heavy atom. The molecule has 122 valence electrons. The van der Waals surface area contributed by atoms with Crippen LogP contribution in [0.3, 0.4) is 0 Å². The van der Waals surface area contributed by atoms with E-state index in [-0.39, 0.29) is 31.2 Å². The fraction of sp³-hybridized carbons (Fsp3) is 0.400. The van der Waals surface area contributed by atoms with Crippen molar-refractivity contribution in [2.24, 2.45) is 5.92 Å². The summed E-state index contributed by atoms with van der Waals surface area (Å²) in [5, 5.41) is 3.55. The highest BCUT2D eigenvalue weighted by Crippen LogP contribution is 2.33. The van der Waals surface area contributed by atoms with Gasteiger partial charge in [0.2, 0.25) is 0 Å². The van der Waals surface area contributed by atoms with Gasteiger partial charge in [0.1, 0.15) is 0 Å². The lowest BCUT2D eigenvalue weighted by molar-refractivity contribution is -0.0921. The Kier molecular flexibility index (Phi) is 3.75. The van der Waals surface area contributed by atoms with Gasteiger partial charge in [-0.3, -0.25) is 14.3 Å². The Morgan fingerprint density at radius 1 is 1.39 bits per heavy atom. The average Bonchev–Trinajstić information content (AvgIpc) is 2.96. The van der Waals surface area contributed by atoms with Gasteiger partial charge in [-0.1, -0.05) is 24.2 Å². The first-order valence-corrected chi connectivity index (χ1v) is 7.20. The van der Waals surface area contributed by atoms with Gasteiger partial charge in [0.15, 0.2) is 5.82 Å². The van der Waals surface area contributed by atoms with Gasteiger partial charge in [0, 0.05) is 36.6 Å². The number of rotatable bonds is 2. The Bertz CT molecular complexity index is 767. The summed E-state index contributed by atoms with van der Waals surface area (Å²) >= 11 is 0. The summed E-state index contributed by atoms with van der Waals surface area (Å²) in [5.74, 6) is -4.27. The molecule has 0 spiro atoms. The van der Waals surface area contributed by atoms with Crippen LogP contribution in [0.25, 0.3) is 11.4 Å². The molecule has 1 aliphatic rings. The Hall–Kier alpha value is -2.51. The summed E-state index contributed by atoms with van der Waals surface area (Å²) in [6.45, 7) is 1.52. The van der Waals surface area contributed by atoms with Gasteiger partial charge < -0.3 is 4.90 Å². The first-order valence-electron chi connectivity index (χ1n) is 7.20. The van der Waals surface area contributed by atoms with Crippen LogP contribution in [-0.4, -0.2) is 40.0 Å². The van der Waals surface area contributed by atoms with E-state index in [1.807, 2.05) is 0 Å². The molecule has 6 nitrogen and oxygen atoms in total. The minimum Gasteiger partial charge on any atom is -0.338 e. The maximum absolute atomic E-state index is 13.5. The number of carbonyl (C=O) groups excluding carboxylic acids is 1. The van der Waals surface area contributed by atoms with E-state index in [0.717, 1.165) is 0 Å². The number of hydrogen-bond donors (Lipinski definition) is 1. The zero-order valence-electron chi connectivity index (χ0n) is 12.4. The molecule has 0 bridgehead atoms. The quantitative estimate of drug-likeness (QED) is 0.918. The molecule has 1 amide bonds. The number of amides is 1. The zero-order chi connectivity index (χ0) is 16.6. The van der Waals surface area contributed by atoms with Crippen LogP contribution in [0.15, 0.2) is 33.6 Å². The molecular formula is C15H15F2N3O3. The van der Waals surface area contributed by atoms with Gasteiger partial charge in [0.25, 0.3) is 11.8 Å². The van der Waals surface area contributed by atoms with E-state index in [1.165, 1.54) is 11.8 Å². The van der Waals surface area contributed by atoms with Gasteiger partial charge in [-0.15, -0.1) is 0 Å². The predicted octanol–water partition coefficient (Wildman–Crippen LogP) is 2.15. The molecule has 23 heavy (non-hydrogen) atoms. The molecule has 0 radical (unpaired) electrons. The van der Waals surface area contributed by atoms with Crippen LogP contribution in [0.4, 0.5) is 8.78 Å². The molecule has 3 rings (SSSR count). The van der Waals surface area contributed by atoms with Crippen LogP contribution in [0.5, 0.6) is 0 Å². The van der Waals surface area contributed by atoms with Crippen LogP contribution in [0.1, 0.15) is 23.7 Å². The van der Waals surface area contributed by atoms with E-state index in [1.54, 1.807) is 24.3 Å². The molecule has 1 atom stereocenters. The van der Waals surface area contributed by atoms with E-state index >= 15 is 0 Å². The minimum atomic E-state index is -2.72. The summed E-state index contributed by atoms with van der Waals surface area (Å²) in [6, 6.07) is 6.37. The third-order valence-electron chi connectivity index (χ3n) is 4.06. The number of H-pyrrole nitrogens is 1. The number of aromatic nitrogens is 2. The van der Waals surface area contributed by atoms with Crippen molar-refractivity contribution in [3.63, 3.8) is 0 Å². The number of alkyl halides is 2. The molecule has 1 aromatic heterocycles. The highest BCUT2D eigenvalue weighted by molar-refractivity contribution is 5.94. The monoisotopic (exact) mass is 323 g/mol. The number of aromatic amines is 1. The van der Waals surface area contributed by atoms with Crippen molar-refractivity contribution in [1.82, 2.24) is 15.0 Å². The van der Waals surface area contributed by atoms with Crippen molar-refractivity contribution in [3.8, 4) is 11.4 Å². The number of halogens is 2. The van der Waals surface area contributed by atoms with Crippen LogP contribution >= 0.6 is 0 Å². The number of nitrogens with one attached hydrogen (secondary N) is 1. The first kappa shape index (κ1) is 15.4. The SMILES string of the molecule is CC1CN(C(=O)c2ccc(-c3noc(=O)[nH]3)cc2)CCC1(F)F. The topological polar surface area (TPSA) is 79.2 Å². The molecule has 1 unspecified atom stereocenters. The summed E-state index contributed by atoms with van der Waals surface area (Å²) in [4.78, 5) is 27.2. The summed E-state index contributed by atoms with van der Waals surface area (Å²) in [6.07, 6.45) is -0.321. The third kappa shape index (κ3) is 3.01. The second-order valence-corrected chi connectivity index (χ2v) is 5.68. The lowest BCUT2D eigenvalue weighted by Gasteiger charge is -2.36. The molecule has 2 aromatic rings. The number of nitrogens with zero attached hydrogens (tertiary/aromatic N) is 2. The van der Waals surface area contributed by atoms with Gasteiger partial charge in [-0.05, 0) is 12.1 Å². The van der Waals surface area contributed by atoms with E-state index in [2.05, 4.69) is 14.7 Å². The molecular weight excluding hydrogens is 308 g/mol. The smallest absolute Gasteiger partial charge is 0.338 e. The molecule has 1 aromatic carbocycles. The Balaban J connectivity index is 1.75. The van der Waals surface area contributed by atoms with Crippen molar-refractivity contribution in [2.75, 3.05) is 13.1 Å². The summed E-state index contributed by atoms with van der Waals surface area (Å²) < 4.78 is 31.4. The van der Waals surface area contributed by atoms with Crippen LogP contribution in [0, 0.1) is 5.92 Å². The van der Waals surface area contributed by atoms with Crippen LogP contribution < -0.4 is 5.76 Å². The fourth-order valence-electron chi connectivity index (χ4n) is 2.58. The Morgan fingerprint density at radius 2 is 2.09 bits per heavy atom. The summed E-state index contributed by atoms with van der Waals surface area (Å²) in [7, 11) is 0. The maximum atomic E-state index is 13.5. The second-order valence-electron chi connectivity index (χ2n) is 5.68. The van der Waals surface area contributed by atoms with Crippen molar-refractivity contribution < 1.29 is 18.1 Å². The molecule has 8 heteroatoms. The molecule has 1 saturated heterocycles. The average molecular weight is 323 g/mol. The number of hydrogen-bond acceptors (Lipinski definition) is 4. The van der Waals surface area contributed by atoms with Gasteiger partial charge in [0.05, 0.1) is 0 Å². The number of benzene rings is 1. The zero-order valence-corrected chi connectivity index (χ0v) is 12.4. The molecule has 2 heterocycles.